The maximum Gasteiger partial charge on any atom is 0.240 e. The van der Waals surface area contributed by atoms with Crippen LogP contribution in [-0.4, -0.2) is 17.9 Å². The summed E-state index contributed by atoms with van der Waals surface area (Å²) < 4.78 is 0. The van der Waals surface area contributed by atoms with E-state index in [1.165, 1.54) is 32.1 Å². The first-order valence-corrected chi connectivity index (χ1v) is 8.11. The molecule has 4 heteroatoms. The highest BCUT2D eigenvalue weighted by atomic mass is 16.2. The van der Waals surface area contributed by atoms with Gasteiger partial charge in [0.15, 0.2) is 0 Å². The van der Waals surface area contributed by atoms with Gasteiger partial charge in [0, 0.05) is 6.42 Å². The summed E-state index contributed by atoms with van der Waals surface area (Å²) in [7, 11) is 0. The van der Waals surface area contributed by atoms with Gasteiger partial charge < -0.3 is 11.1 Å². The van der Waals surface area contributed by atoms with Crippen LogP contribution in [0, 0.1) is 5.92 Å². The predicted octanol–water partition coefficient (Wildman–Crippen LogP) is 3.14. The molecule has 0 aromatic heterocycles. The molecule has 0 aliphatic rings. The monoisotopic (exact) mass is 284 g/mol. The number of hydrogen-bond acceptors (Lipinski definition) is 2. The standard InChI is InChI=1S/C16H32N2O2/c1-4-6-7-8-9-10-11-12-14(19)18-15(16(17)20)13(3)5-2/h13,15H,4-12H2,1-3H3,(H2,17,20)(H,18,19)/t13-,15-/m0/s1. The molecule has 2 atom stereocenters. The molecule has 4 nitrogen and oxygen atoms in total. The topological polar surface area (TPSA) is 72.2 Å². The number of unbranched alkanes of at least 4 members (excludes halogenated alkanes) is 6. The zero-order valence-corrected chi connectivity index (χ0v) is 13.4. The summed E-state index contributed by atoms with van der Waals surface area (Å²) in [5.41, 5.74) is 5.33. The molecule has 0 fully saturated rings. The van der Waals surface area contributed by atoms with Gasteiger partial charge in [-0.15, -0.1) is 0 Å². The molecule has 0 aliphatic heterocycles. The summed E-state index contributed by atoms with van der Waals surface area (Å²) in [4.78, 5) is 23.1. The number of nitrogens with one attached hydrogen (secondary N) is 1. The quantitative estimate of drug-likeness (QED) is 0.540. The molecule has 118 valence electrons. The van der Waals surface area contributed by atoms with E-state index in [1.54, 1.807) is 0 Å². The average molecular weight is 284 g/mol. The third kappa shape index (κ3) is 8.94. The molecule has 2 amide bonds. The molecule has 0 saturated carbocycles. The van der Waals surface area contributed by atoms with Crippen molar-refractivity contribution >= 4 is 11.8 Å². The molecule has 3 N–H and O–H groups in total. The van der Waals surface area contributed by atoms with Gasteiger partial charge in [0.25, 0.3) is 0 Å². The van der Waals surface area contributed by atoms with Gasteiger partial charge in [-0.05, 0) is 12.3 Å². The molecule has 0 rings (SSSR count). The van der Waals surface area contributed by atoms with Crippen molar-refractivity contribution in [1.29, 1.82) is 0 Å². The molecule has 0 aromatic carbocycles. The van der Waals surface area contributed by atoms with E-state index in [0.717, 1.165) is 19.3 Å². The molecule has 20 heavy (non-hydrogen) atoms. The van der Waals surface area contributed by atoms with Crippen molar-refractivity contribution in [2.75, 3.05) is 0 Å². The van der Waals surface area contributed by atoms with E-state index < -0.39 is 11.9 Å². The SMILES string of the molecule is CCCCCCCCCC(=O)N[C@H](C(N)=O)[C@@H](C)CC. The fourth-order valence-corrected chi connectivity index (χ4v) is 2.22. The van der Waals surface area contributed by atoms with Crippen LogP contribution in [0.15, 0.2) is 0 Å². The van der Waals surface area contributed by atoms with Gasteiger partial charge in [0.2, 0.25) is 11.8 Å². The first-order valence-electron chi connectivity index (χ1n) is 8.11. The maximum absolute atomic E-state index is 11.8. The van der Waals surface area contributed by atoms with Crippen molar-refractivity contribution < 1.29 is 9.59 Å². The van der Waals surface area contributed by atoms with Gasteiger partial charge in [0.1, 0.15) is 6.04 Å². The van der Waals surface area contributed by atoms with E-state index in [4.69, 9.17) is 5.73 Å². The van der Waals surface area contributed by atoms with Gasteiger partial charge >= 0.3 is 0 Å². The van der Waals surface area contributed by atoms with Crippen molar-refractivity contribution in [3.8, 4) is 0 Å². The second-order valence-corrected chi connectivity index (χ2v) is 5.70. The van der Waals surface area contributed by atoms with E-state index >= 15 is 0 Å². The molecule has 0 radical (unpaired) electrons. The summed E-state index contributed by atoms with van der Waals surface area (Å²) in [6.45, 7) is 6.13. The van der Waals surface area contributed by atoms with Crippen molar-refractivity contribution in [1.82, 2.24) is 5.32 Å². The Morgan fingerprint density at radius 1 is 1.00 bits per heavy atom. The van der Waals surface area contributed by atoms with Crippen LogP contribution < -0.4 is 11.1 Å². The van der Waals surface area contributed by atoms with E-state index in [9.17, 15) is 9.59 Å². The number of primary amides is 1. The fraction of sp³-hybridized carbons (Fsp3) is 0.875. The van der Waals surface area contributed by atoms with Crippen molar-refractivity contribution in [2.45, 2.75) is 84.6 Å². The zero-order chi connectivity index (χ0) is 15.4. The smallest absolute Gasteiger partial charge is 0.240 e. The van der Waals surface area contributed by atoms with Crippen LogP contribution in [0.25, 0.3) is 0 Å². The van der Waals surface area contributed by atoms with E-state index in [-0.39, 0.29) is 11.8 Å². The second kappa shape index (κ2) is 11.7. The number of carbonyl (C=O) groups is 2. The van der Waals surface area contributed by atoms with E-state index in [2.05, 4.69) is 12.2 Å². The molecule has 0 heterocycles. The van der Waals surface area contributed by atoms with Crippen LogP contribution in [0.4, 0.5) is 0 Å². The van der Waals surface area contributed by atoms with Gasteiger partial charge in [-0.2, -0.15) is 0 Å². The third-order valence-corrected chi connectivity index (χ3v) is 3.84. The first kappa shape index (κ1) is 18.9. The Morgan fingerprint density at radius 2 is 1.55 bits per heavy atom. The Bertz CT molecular complexity index is 280. The third-order valence-electron chi connectivity index (χ3n) is 3.84. The maximum atomic E-state index is 11.8. The Hall–Kier alpha value is -1.06. The molecular formula is C16H32N2O2. The Kier molecular flexibility index (Phi) is 11.1. The molecule has 0 bridgehead atoms. The molecule has 0 spiro atoms. The van der Waals surface area contributed by atoms with Crippen molar-refractivity contribution in [3.05, 3.63) is 0 Å². The van der Waals surface area contributed by atoms with Gasteiger partial charge in [-0.25, -0.2) is 0 Å². The Labute approximate surface area is 123 Å². The molecule has 0 unspecified atom stereocenters. The lowest BCUT2D eigenvalue weighted by Crippen LogP contribution is -2.48. The molecule has 0 aromatic rings. The minimum absolute atomic E-state index is 0.0531. The van der Waals surface area contributed by atoms with Crippen molar-refractivity contribution in [3.63, 3.8) is 0 Å². The molecular weight excluding hydrogens is 252 g/mol. The average Bonchev–Trinajstić information content (AvgIpc) is 2.42. The van der Waals surface area contributed by atoms with Crippen molar-refractivity contribution in [2.24, 2.45) is 11.7 Å². The number of nitrogens with two attached hydrogens (primary N) is 1. The van der Waals surface area contributed by atoms with Gasteiger partial charge in [0.05, 0.1) is 0 Å². The molecule has 0 saturated heterocycles. The van der Waals surface area contributed by atoms with Crippen LogP contribution in [0.3, 0.4) is 0 Å². The van der Waals surface area contributed by atoms with Gasteiger partial charge in [-0.3, -0.25) is 9.59 Å². The normalized spacial score (nSPS) is 13.8. The van der Waals surface area contributed by atoms with Crippen LogP contribution in [-0.2, 0) is 9.59 Å². The highest BCUT2D eigenvalue weighted by Gasteiger charge is 2.23. The van der Waals surface area contributed by atoms with Gasteiger partial charge in [-0.1, -0.05) is 65.7 Å². The number of hydrogen-bond donors (Lipinski definition) is 2. The number of amides is 2. The predicted molar refractivity (Wildman–Crippen MR) is 83.2 cm³/mol. The van der Waals surface area contributed by atoms with Crippen LogP contribution in [0.5, 0.6) is 0 Å². The minimum atomic E-state index is -0.531. The van der Waals surface area contributed by atoms with Crippen LogP contribution in [0.2, 0.25) is 0 Å². The lowest BCUT2D eigenvalue weighted by atomic mass is 9.98. The summed E-state index contributed by atoms with van der Waals surface area (Å²) in [5, 5.41) is 2.76. The number of rotatable bonds is 12. The number of carbonyl (C=O) groups excluding carboxylic acids is 2. The largest absolute Gasteiger partial charge is 0.368 e. The zero-order valence-electron chi connectivity index (χ0n) is 13.4. The summed E-state index contributed by atoms with van der Waals surface area (Å²) >= 11 is 0. The lowest BCUT2D eigenvalue weighted by Gasteiger charge is -2.21. The second-order valence-electron chi connectivity index (χ2n) is 5.70. The first-order chi connectivity index (χ1) is 9.52. The lowest BCUT2D eigenvalue weighted by molar-refractivity contribution is -0.128. The summed E-state index contributed by atoms with van der Waals surface area (Å²) in [6.07, 6.45) is 9.59. The summed E-state index contributed by atoms with van der Waals surface area (Å²) in [6, 6.07) is -0.531. The van der Waals surface area contributed by atoms with Crippen LogP contribution in [0.1, 0.15) is 78.6 Å². The van der Waals surface area contributed by atoms with E-state index in [0.29, 0.717) is 6.42 Å². The Morgan fingerprint density at radius 3 is 2.05 bits per heavy atom. The van der Waals surface area contributed by atoms with E-state index in [1.807, 2.05) is 13.8 Å². The minimum Gasteiger partial charge on any atom is -0.368 e. The molecule has 0 aliphatic carbocycles. The van der Waals surface area contributed by atoms with Crippen LogP contribution >= 0.6 is 0 Å². The summed E-state index contributed by atoms with van der Waals surface area (Å²) in [5.74, 6) is -0.402. The Balaban J connectivity index is 3.78. The highest BCUT2D eigenvalue weighted by Crippen LogP contribution is 2.10. The fourth-order valence-electron chi connectivity index (χ4n) is 2.22. The highest BCUT2D eigenvalue weighted by molar-refractivity contribution is 5.86.